The van der Waals surface area contributed by atoms with Crippen LogP contribution in [-0.4, -0.2) is 71.6 Å². The van der Waals surface area contributed by atoms with Crippen molar-refractivity contribution in [2.24, 2.45) is 11.8 Å². The first-order chi connectivity index (χ1) is 11.6. The lowest BCUT2D eigenvalue weighted by Crippen LogP contribution is -2.46. The molecule has 0 radical (unpaired) electrons. The van der Waals surface area contributed by atoms with E-state index in [0.717, 1.165) is 43.8 Å². The molecule has 6 nitrogen and oxygen atoms in total. The molecule has 3 heterocycles. The molecule has 3 rings (SSSR count). The van der Waals surface area contributed by atoms with Crippen LogP contribution in [0.25, 0.3) is 0 Å². The summed E-state index contributed by atoms with van der Waals surface area (Å²) in [4.78, 5) is 9.85. The number of aromatic nitrogens is 1. The summed E-state index contributed by atoms with van der Waals surface area (Å²) in [6.07, 6.45) is 2.39. The predicted octanol–water partition coefficient (Wildman–Crippen LogP) is 1.67. The normalized spacial score (nSPS) is 24.1. The van der Waals surface area contributed by atoms with Gasteiger partial charge in [-0.2, -0.15) is 0 Å². The van der Waals surface area contributed by atoms with Crippen molar-refractivity contribution in [3.63, 3.8) is 0 Å². The van der Waals surface area contributed by atoms with E-state index in [1.54, 1.807) is 11.3 Å². The smallest absolute Gasteiger partial charge is 0.182 e. The van der Waals surface area contributed by atoms with Gasteiger partial charge in [-0.1, -0.05) is 13.8 Å². The van der Waals surface area contributed by atoms with Gasteiger partial charge in [0.1, 0.15) is 0 Å². The number of piperazine rings is 1. The highest BCUT2D eigenvalue weighted by Crippen LogP contribution is 2.19. The van der Waals surface area contributed by atoms with Crippen molar-refractivity contribution < 1.29 is 0 Å². The molecule has 0 bridgehead atoms. The first-order valence-electron chi connectivity index (χ1n) is 9.24. The third kappa shape index (κ3) is 5.13. The van der Waals surface area contributed by atoms with Gasteiger partial charge in [0.25, 0.3) is 0 Å². The SMILES string of the molecule is CC(C)CN1CCN(Cc2csc(NCC3CCCN3N)n2)CC1. The number of nitrogens with one attached hydrogen (secondary N) is 1. The number of thiazole rings is 1. The molecule has 24 heavy (non-hydrogen) atoms. The van der Waals surface area contributed by atoms with E-state index < -0.39 is 0 Å². The number of anilines is 1. The third-order valence-electron chi connectivity index (χ3n) is 4.94. The van der Waals surface area contributed by atoms with Crippen molar-refractivity contribution in [1.29, 1.82) is 0 Å². The topological polar surface area (TPSA) is 60.7 Å². The van der Waals surface area contributed by atoms with Crippen molar-refractivity contribution in [3.8, 4) is 0 Å². The second-order valence-corrected chi connectivity index (χ2v) is 8.39. The van der Waals surface area contributed by atoms with Gasteiger partial charge in [0.2, 0.25) is 0 Å². The maximum absolute atomic E-state index is 5.98. The molecular weight excluding hydrogens is 320 g/mol. The molecule has 1 aromatic heterocycles. The molecule has 0 amide bonds. The second-order valence-electron chi connectivity index (χ2n) is 7.53. The van der Waals surface area contributed by atoms with Crippen molar-refractivity contribution in [2.45, 2.75) is 39.3 Å². The molecule has 1 aromatic rings. The molecule has 0 saturated carbocycles. The van der Waals surface area contributed by atoms with E-state index in [0.29, 0.717) is 6.04 Å². The molecule has 2 aliphatic rings. The number of nitrogens with zero attached hydrogens (tertiary/aromatic N) is 4. The van der Waals surface area contributed by atoms with Gasteiger partial charge in [0.15, 0.2) is 5.13 Å². The van der Waals surface area contributed by atoms with Crippen molar-refractivity contribution in [3.05, 3.63) is 11.1 Å². The zero-order valence-electron chi connectivity index (χ0n) is 15.1. The maximum Gasteiger partial charge on any atom is 0.182 e. The van der Waals surface area contributed by atoms with Crippen LogP contribution >= 0.6 is 11.3 Å². The average Bonchev–Trinajstić information content (AvgIpc) is 3.16. The zero-order valence-corrected chi connectivity index (χ0v) is 15.9. The summed E-state index contributed by atoms with van der Waals surface area (Å²) in [6.45, 7) is 13.4. The molecule has 3 N–H and O–H groups in total. The molecule has 2 saturated heterocycles. The van der Waals surface area contributed by atoms with Gasteiger partial charge in [0, 0.05) is 63.8 Å². The molecular formula is C17H32N6S. The van der Waals surface area contributed by atoms with Gasteiger partial charge in [-0.05, 0) is 18.8 Å². The molecule has 136 valence electrons. The highest BCUT2D eigenvalue weighted by Gasteiger charge is 2.22. The molecule has 0 aliphatic carbocycles. The number of nitrogens with two attached hydrogens (primary N) is 1. The molecule has 2 aliphatic heterocycles. The Morgan fingerprint density at radius 2 is 2.00 bits per heavy atom. The number of hydrogen-bond acceptors (Lipinski definition) is 7. The van der Waals surface area contributed by atoms with E-state index >= 15 is 0 Å². The van der Waals surface area contributed by atoms with Crippen LogP contribution in [-0.2, 0) is 6.54 Å². The predicted molar refractivity (Wildman–Crippen MR) is 101 cm³/mol. The summed E-state index contributed by atoms with van der Waals surface area (Å²) >= 11 is 1.71. The Morgan fingerprint density at radius 3 is 2.67 bits per heavy atom. The van der Waals surface area contributed by atoms with Crippen LogP contribution in [0.4, 0.5) is 5.13 Å². The van der Waals surface area contributed by atoms with Crippen LogP contribution in [0.2, 0.25) is 0 Å². The first-order valence-corrected chi connectivity index (χ1v) is 10.1. The number of rotatable bonds is 7. The van der Waals surface area contributed by atoms with E-state index in [-0.39, 0.29) is 0 Å². The molecule has 0 spiro atoms. The Balaban J connectivity index is 1.40. The van der Waals surface area contributed by atoms with E-state index in [2.05, 4.69) is 34.3 Å². The Bertz CT molecular complexity index is 497. The minimum Gasteiger partial charge on any atom is -0.360 e. The lowest BCUT2D eigenvalue weighted by Gasteiger charge is -2.35. The highest BCUT2D eigenvalue weighted by atomic mass is 32.1. The van der Waals surface area contributed by atoms with Crippen molar-refractivity contribution in [2.75, 3.05) is 51.1 Å². The Labute approximate surface area is 150 Å². The minimum absolute atomic E-state index is 0.450. The van der Waals surface area contributed by atoms with Gasteiger partial charge in [0.05, 0.1) is 5.69 Å². The standard InChI is InChI=1S/C17H32N6S/c1-14(2)11-21-6-8-22(9-7-21)12-15-13-24-17(20-15)19-10-16-4-3-5-23(16)18/h13-14,16H,3-12,18H2,1-2H3,(H,19,20). The van der Waals surface area contributed by atoms with Crippen LogP contribution < -0.4 is 11.2 Å². The summed E-state index contributed by atoms with van der Waals surface area (Å²) < 4.78 is 0. The fraction of sp³-hybridized carbons (Fsp3) is 0.824. The Hall–Kier alpha value is -0.730. The molecule has 2 fully saturated rings. The van der Waals surface area contributed by atoms with Crippen LogP contribution in [0.3, 0.4) is 0 Å². The van der Waals surface area contributed by atoms with Gasteiger partial charge in [-0.3, -0.25) is 10.7 Å². The fourth-order valence-corrected chi connectivity index (χ4v) is 4.33. The monoisotopic (exact) mass is 352 g/mol. The maximum atomic E-state index is 5.98. The Kier molecular flexibility index (Phi) is 6.46. The van der Waals surface area contributed by atoms with Crippen LogP contribution in [0.5, 0.6) is 0 Å². The number of hydrogen-bond donors (Lipinski definition) is 2. The van der Waals surface area contributed by atoms with E-state index in [9.17, 15) is 0 Å². The first kappa shape index (κ1) is 18.1. The molecule has 1 unspecified atom stereocenters. The second kappa shape index (κ2) is 8.58. The summed E-state index contributed by atoms with van der Waals surface area (Å²) in [7, 11) is 0. The molecule has 7 heteroatoms. The summed E-state index contributed by atoms with van der Waals surface area (Å²) in [5, 5.41) is 8.64. The lowest BCUT2D eigenvalue weighted by atomic mass is 10.2. The van der Waals surface area contributed by atoms with Gasteiger partial charge in [-0.25, -0.2) is 9.99 Å². The van der Waals surface area contributed by atoms with Gasteiger partial charge < -0.3 is 10.2 Å². The summed E-state index contributed by atoms with van der Waals surface area (Å²) in [5.41, 5.74) is 1.19. The average molecular weight is 353 g/mol. The largest absolute Gasteiger partial charge is 0.360 e. The van der Waals surface area contributed by atoms with E-state index in [1.165, 1.54) is 38.2 Å². The summed E-state index contributed by atoms with van der Waals surface area (Å²) in [6, 6.07) is 0.450. The zero-order chi connectivity index (χ0) is 16.9. The van der Waals surface area contributed by atoms with Crippen molar-refractivity contribution in [1.82, 2.24) is 19.8 Å². The Morgan fingerprint density at radius 1 is 1.25 bits per heavy atom. The molecule has 1 atom stereocenters. The van der Waals surface area contributed by atoms with Crippen LogP contribution in [0.15, 0.2) is 5.38 Å². The van der Waals surface area contributed by atoms with E-state index in [1.807, 2.05) is 5.01 Å². The molecule has 0 aromatic carbocycles. The fourth-order valence-electron chi connectivity index (χ4n) is 3.62. The third-order valence-corrected chi connectivity index (χ3v) is 5.79. The summed E-state index contributed by atoms with van der Waals surface area (Å²) in [5.74, 6) is 6.74. The van der Waals surface area contributed by atoms with Gasteiger partial charge in [-0.15, -0.1) is 11.3 Å². The quantitative estimate of drug-likeness (QED) is 0.728. The highest BCUT2D eigenvalue weighted by molar-refractivity contribution is 7.13. The van der Waals surface area contributed by atoms with E-state index in [4.69, 9.17) is 10.8 Å². The minimum atomic E-state index is 0.450. The van der Waals surface area contributed by atoms with Gasteiger partial charge >= 0.3 is 0 Å². The number of hydrazine groups is 1. The van der Waals surface area contributed by atoms with Crippen LogP contribution in [0, 0.1) is 5.92 Å². The van der Waals surface area contributed by atoms with Crippen molar-refractivity contribution >= 4 is 16.5 Å². The van der Waals surface area contributed by atoms with Crippen LogP contribution in [0.1, 0.15) is 32.4 Å². The lowest BCUT2D eigenvalue weighted by molar-refractivity contribution is 0.116.